The van der Waals surface area contributed by atoms with Gasteiger partial charge in [0.05, 0.1) is 18.8 Å². The normalized spacial score (nSPS) is 13.2. The third kappa shape index (κ3) is 3.51. The van der Waals surface area contributed by atoms with E-state index in [1.54, 1.807) is 18.2 Å². The van der Waals surface area contributed by atoms with E-state index in [1.165, 1.54) is 0 Å². The number of aryl methyl sites for hydroxylation is 1. The molecule has 5 nitrogen and oxygen atoms in total. The van der Waals surface area contributed by atoms with Gasteiger partial charge < -0.3 is 20.7 Å². The number of nitrogens with zero attached hydrogens (tertiary/aromatic N) is 1. The van der Waals surface area contributed by atoms with Crippen molar-refractivity contribution in [2.45, 2.75) is 6.92 Å². The van der Waals surface area contributed by atoms with Crippen molar-refractivity contribution < 1.29 is 9.53 Å². The van der Waals surface area contributed by atoms with E-state index in [-0.39, 0.29) is 12.5 Å². The first-order valence-electron chi connectivity index (χ1n) is 7.36. The number of carbonyl (C=O) groups is 1. The molecular weight excluding hydrogens is 314 g/mol. The third-order valence-electron chi connectivity index (χ3n) is 3.73. The first-order chi connectivity index (χ1) is 11.0. The fraction of sp³-hybridized carbons (Fsp3) is 0.235. The summed E-state index contributed by atoms with van der Waals surface area (Å²) in [6.45, 7) is 3.34. The zero-order valence-electron chi connectivity index (χ0n) is 12.8. The number of rotatable bonds is 3. The molecule has 3 rings (SSSR count). The molecule has 0 aromatic heterocycles. The molecule has 0 saturated carbocycles. The Morgan fingerprint density at radius 2 is 2.17 bits per heavy atom. The Labute approximate surface area is 140 Å². The second-order valence-electron chi connectivity index (χ2n) is 5.51. The number of amides is 1. The summed E-state index contributed by atoms with van der Waals surface area (Å²) >= 11 is 6.08. The molecule has 1 aliphatic heterocycles. The maximum Gasteiger partial charge on any atom is 0.243 e. The van der Waals surface area contributed by atoms with Crippen molar-refractivity contribution in [3.63, 3.8) is 0 Å². The van der Waals surface area contributed by atoms with Crippen LogP contribution in [0.15, 0.2) is 36.4 Å². The molecule has 120 valence electrons. The van der Waals surface area contributed by atoms with E-state index in [9.17, 15) is 4.79 Å². The summed E-state index contributed by atoms with van der Waals surface area (Å²) in [5.74, 6) is 0.608. The number of carbonyl (C=O) groups excluding carboxylic acids is 1. The third-order valence-corrected chi connectivity index (χ3v) is 4.14. The average Bonchev–Trinajstić information content (AvgIpc) is 2.51. The van der Waals surface area contributed by atoms with Crippen LogP contribution in [0.5, 0.6) is 5.75 Å². The van der Waals surface area contributed by atoms with Gasteiger partial charge in [-0.25, -0.2) is 0 Å². The van der Waals surface area contributed by atoms with E-state index in [4.69, 9.17) is 22.1 Å². The predicted octanol–water partition coefficient (Wildman–Crippen LogP) is 3.07. The quantitative estimate of drug-likeness (QED) is 0.848. The molecule has 0 spiro atoms. The van der Waals surface area contributed by atoms with Gasteiger partial charge in [-0.05, 0) is 36.8 Å². The Kier molecular flexibility index (Phi) is 4.30. The van der Waals surface area contributed by atoms with Gasteiger partial charge in [0.1, 0.15) is 12.4 Å². The van der Waals surface area contributed by atoms with Gasteiger partial charge in [-0.1, -0.05) is 17.7 Å². The minimum absolute atomic E-state index is 0.102. The lowest BCUT2D eigenvalue weighted by Gasteiger charge is -2.30. The Bertz CT molecular complexity index is 749. The molecule has 23 heavy (non-hydrogen) atoms. The summed E-state index contributed by atoms with van der Waals surface area (Å²) in [6.07, 6.45) is 0. The zero-order valence-corrected chi connectivity index (χ0v) is 13.6. The molecule has 0 aliphatic carbocycles. The SMILES string of the molecule is Cc1ccc(NC(=O)CN2CCOc3cc(N)ccc32)cc1Cl. The molecule has 1 heterocycles. The van der Waals surface area contributed by atoms with Crippen LogP contribution in [0, 0.1) is 6.92 Å². The summed E-state index contributed by atoms with van der Waals surface area (Å²) in [6, 6.07) is 10.9. The van der Waals surface area contributed by atoms with Crippen LogP contribution < -0.4 is 20.7 Å². The number of hydrogen-bond donors (Lipinski definition) is 2. The van der Waals surface area contributed by atoms with Gasteiger partial charge in [-0.15, -0.1) is 0 Å². The number of nitrogen functional groups attached to an aromatic ring is 1. The highest BCUT2D eigenvalue weighted by Gasteiger charge is 2.20. The monoisotopic (exact) mass is 331 g/mol. The van der Waals surface area contributed by atoms with Crippen molar-refractivity contribution in [2.24, 2.45) is 0 Å². The molecule has 0 fully saturated rings. The lowest BCUT2D eigenvalue weighted by molar-refractivity contribution is -0.115. The van der Waals surface area contributed by atoms with Crippen molar-refractivity contribution in [3.8, 4) is 5.75 Å². The Morgan fingerprint density at radius 3 is 2.96 bits per heavy atom. The van der Waals surface area contributed by atoms with Crippen LogP contribution in [0.3, 0.4) is 0 Å². The molecule has 2 aromatic carbocycles. The van der Waals surface area contributed by atoms with Crippen LogP contribution in [0.2, 0.25) is 5.02 Å². The summed E-state index contributed by atoms with van der Waals surface area (Å²) in [7, 11) is 0. The number of anilines is 3. The molecule has 0 bridgehead atoms. The standard InChI is InChI=1S/C17H18ClN3O2/c1-11-2-4-13(9-14(11)18)20-17(22)10-21-6-7-23-16-8-12(19)3-5-15(16)21/h2-5,8-9H,6-7,10,19H2,1H3,(H,20,22). The van der Waals surface area contributed by atoms with Crippen molar-refractivity contribution in [2.75, 3.05) is 35.6 Å². The van der Waals surface area contributed by atoms with Gasteiger partial charge in [-0.2, -0.15) is 0 Å². The average molecular weight is 332 g/mol. The molecule has 0 radical (unpaired) electrons. The highest BCUT2D eigenvalue weighted by atomic mass is 35.5. The first-order valence-corrected chi connectivity index (χ1v) is 7.74. The number of nitrogens with two attached hydrogens (primary N) is 1. The molecule has 0 saturated heterocycles. The predicted molar refractivity (Wildman–Crippen MR) is 93.4 cm³/mol. The molecule has 2 aromatic rings. The molecular formula is C17H18ClN3O2. The van der Waals surface area contributed by atoms with E-state index < -0.39 is 0 Å². The fourth-order valence-corrected chi connectivity index (χ4v) is 2.68. The molecule has 0 atom stereocenters. The maximum absolute atomic E-state index is 12.3. The maximum atomic E-state index is 12.3. The van der Waals surface area contributed by atoms with Gasteiger partial charge in [0.2, 0.25) is 5.91 Å². The molecule has 1 amide bonds. The smallest absolute Gasteiger partial charge is 0.243 e. The number of ether oxygens (including phenoxy) is 1. The molecule has 6 heteroatoms. The second-order valence-corrected chi connectivity index (χ2v) is 5.92. The summed E-state index contributed by atoms with van der Waals surface area (Å²) in [5, 5.41) is 3.50. The zero-order chi connectivity index (χ0) is 16.4. The van der Waals surface area contributed by atoms with E-state index in [2.05, 4.69) is 5.32 Å². The van der Waals surface area contributed by atoms with E-state index in [1.807, 2.05) is 30.0 Å². The lowest BCUT2D eigenvalue weighted by atomic mass is 10.2. The highest BCUT2D eigenvalue weighted by molar-refractivity contribution is 6.31. The minimum Gasteiger partial charge on any atom is -0.489 e. The van der Waals surface area contributed by atoms with Crippen LogP contribution >= 0.6 is 11.6 Å². The van der Waals surface area contributed by atoms with E-state index >= 15 is 0 Å². The number of nitrogens with one attached hydrogen (secondary N) is 1. The summed E-state index contributed by atoms with van der Waals surface area (Å²) in [5.41, 5.74) is 8.95. The summed E-state index contributed by atoms with van der Waals surface area (Å²) < 4.78 is 5.59. The number of halogens is 1. The van der Waals surface area contributed by atoms with Crippen LogP contribution in [-0.4, -0.2) is 25.6 Å². The first kappa shape index (κ1) is 15.5. The lowest BCUT2D eigenvalue weighted by Crippen LogP contribution is -2.38. The number of benzene rings is 2. The van der Waals surface area contributed by atoms with Crippen molar-refractivity contribution in [3.05, 3.63) is 47.0 Å². The van der Waals surface area contributed by atoms with Gasteiger partial charge in [-0.3, -0.25) is 4.79 Å². The van der Waals surface area contributed by atoms with Gasteiger partial charge in [0.15, 0.2) is 0 Å². The van der Waals surface area contributed by atoms with Crippen molar-refractivity contribution >= 4 is 34.6 Å². The fourth-order valence-electron chi connectivity index (χ4n) is 2.50. The number of hydrogen-bond acceptors (Lipinski definition) is 4. The molecule has 1 aliphatic rings. The van der Waals surface area contributed by atoms with Crippen molar-refractivity contribution in [1.29, 1.82) is 0 Å². The van der Waals surface area contributed by atoms with Crippen LogP contribution in [0.4, 0.5) is 17.1 Å². The van der Waals surface area contributed by atoms with Gasteiger partial charge in [0.25, 0.3) is 0 Å². The van der Waals surface area contributed by atoms with Crippen molar-refractivity contribution in [1.82, 2.24) is 0 Å². The van der Waals surface area contributed by atoms with E-state index in [0.717, 1.165) is 11.3 Å². The Morgan fingerprint density at radius 1 is 1.35 bits per heavy atom. The molecule has 0 unspecified atom stereocenters. The largest absolute Gasteiger partial charge is 0.489 e. The minimum atomic E-state index is -0.102. The van der Waals surface area contributed by atoms with Gasteiger partial charge in [0, 0.05) is 22.5 Å². The highest BCUT2D eigenvalue weighted by Crippen LogP contribution is 2.33. The summed E-state index contributed by atoms with van der Waals surface area (Å²) in [4.78, 5) is 14.3. The van der Waals surface area contributed by atoms with Gasteiger partial charge >= 0.3 is 0 Å². The van der Waals surface area contributed by atoms with Crippen LogP contribution in [0.1, 0.15) is 5.56 Å². The van der Waals surface area contributed by atoms with Crippen LogP contribution in [-0.2, 0) is 4.79 Å². The Balaban J connectivity index is 1.70. The molecule has 3 N–H and O–H groups in total. The topological polar surface area (TPSA) is 67.6 Å². The second kappa shape index (κ2) is 6.38. The van der Waals surface area contributed by atoms with E-state index in [0.29, 0.717) is 35.3 Å². The number of fused-ring (bicyclic) bond motifs is 1. The van der Waals surface area contributed by atoms with Crippen LogP contribution in [0.25, 0.3) is 0 Å². The Hall–Kier alpha value is -2.40.